The predicted molar refractivity (Wildman–Crippen MR) is 43.2 cm³/mol. The highest BCUT2D eigenvalue weighted by molar-refractivity contribution is 6.12. The van der Waals surface area contributed by atoms with Gasteiger partial charge < -0.3 is 4.74 Å². The van der Waals surface area contributed by atoms with Crippen molar-refractivity contribution in [2.24, 2.45) is 0 Å². The molecule has 0 bridgehead atoms. The molecule has 0 unspecified atom stereocenters. The lowest BCUT2D eigenvalue weighted by molar-refractivity contribution is -0.151. The van der Waals surface area contributed by atoms with Gasteiger partial charge in [0, 0.05) is 5.57 Å². The second kappa shape index (κ2) is 3.34. The highest BCUT2D eigenvalue weighted by atomic mass is 16.6. The van der Waals surface area contributed by atoms with Crippen molar-refractivity contribution < 1.29 is 14.3 Å². The molecule has 0 atom stereocenters. The van der Waals surface area contributed by atoms with Crippen LogP contribution in [0.2, 0.25) is 0 Å². The van der Waals surface area contributed by atoms with E-state index in [-0.39, 0.29) is 0 Å². The number of esters is 2. The number of carbonyl (C=O) groups is 2. The van der Waals surface area contributed by atoms with E-state index in [1.54, 1.807) is 6.08 Å². The lowest BCUT2D eigenvalue weighted by Gasteiger charge is -1.92. The number of ether oxygens (including phenoxy) is 1. The number of allylic oxidation sites excluding steroid dienone is 1. The fourth-order valence-corrected chi connectivity index (χ4v) is 1.16. The van der Waals surface area contributed by atoms with Crippen LogP contribution in [0.15, 0.2) is 23.8 Å². The van der Waals surface area contributed by atoms with Gasteiger partial charge in [-0.3, -0.25) is 0 Å². The molecule has 1 rings (SSSR count). The Hall–Kier alpha value is -1.38. The molecule has 0 spiro atoms. The van der Waals surface area contributed by atoms with Gasteiger partial charge in [0.2, 0.25) is 0 Å². The predicted octanol–water partition coefficient (Wildman–Crippen LogP) is 1.35. The standard InChI is InChI=1S/C9H10O3/c1-3-5-7-6(4-2)8(10)12-9(7)11/h3H,1,4-5H2,2H3. The lowest BCUT2D eigenvalue weighted by atomic mass is 10.1. The fourth-order valence-electron chi connectivity index (χ4n) is 1.16. The van der Waals surface area contributed by atoms with Crippen LogP contribution in [-0.4, -0.2) is 11.9 Å². The van der Waals surface area contributed by atoms with Crippen molar-refractivity contribution in [2.75, 3.05) is 0 Å². The maximum absolute atomic E-state index is 11.0. The van der Waals surface area contributed by atoms with E-state index in [4.69, 9.17) is 0 Å². The fraction of sp³-hybridized carbons (Fsp3) is 0.333. The summed E-state index contributed by atoms with van der Waals surface area (Å²) in [6.45, 7) is 5.32. The minimum atomic E-state index is -0.517. The Bertz CT molecular complexity index is 273. The molecule has 0 saturated carbocycles. The smallest absolute Gasteiger partial charge is 0.342 e. The van der Waals surface area contributed by atoms with Crippen LogP contribution in [0.5, 0.6) is 0 Å². The lowest BCUT2D eigenvalue weighted by Crippen LogP contribution is -2.01. The Morgan fingerprint density at radius 2 is 1.92 bits per heavy atom. The molecular formula is C9H10O3. The Morgan fingerprint density at radius 1 is 1.33 bits per heavy atom. The largest absolute Gasteiger partial charge is 0.386 e. The van der Waals surface area contributed by atoms with Gasteiger partial charge in [-0.05, 0) is 12.8 Å². The summed E-state index contributed by atoms with van der Waals surface area (Å²) >= 11 is 0. The van der Waals surface area contributed by atoms with E-state index in [0.29, 0.717) is 24.0 Å². The molecule has 12 heavy (non-hydrogen) atoms. The van der Waals surface area contributed by atoms with Gasteiger partial charge in [-0.25, -0.2) is 9.59 Å². The molecule has 0 radical (unpaired) electrons. The Labute approximate surface area is 70.7 Å². The molecule has 0 fully saturated rings. The van der Waals surface area contributed by atoms with Crippen molar-refractivity contribution in [1.82, 2.24) is 0 Å². The van der Waals surface area contributed by atoms with Crippen molar-refractivity contribution in [1.29, 1.82) is 0 Å². The SMILES string of the molecule is C=CCC1=C(CC)C(=O)OC1=O. The topological polar surface area (TPSA) is 43.4 Å². The van der Waals surface area contributed by atoms with E-state index in [1.165, 1.54) is 0 Å². The van der Waals surface area contributed by atoms with E-state index in [2.05, 4.69) is 11.3 Å². The van der Waals surface area contributed by atoms with Crippen LogP contribution in [0.4, 0.5) is 0 Å². The summed E-state index contributed by atoms with van der Waals surface area (Å²) in [6, 6.07) is 0. The number of cyclic esters (lactones) is 2. The third-order valence-corrected chi connectivity index (χ3v) is 1.74. The van der Waals surface area contributed by atoms with Gasteiger partial charge in [0.1, 0.15) is 0 Å². The second-order valence-corrected chi connectivity index (χ2v) is 2.48. The molecule has 64 valence electrons. The van der Waals surface area contributed by atoms with Crippen LogP contribution in [0.25, 0.3) is 0 Å². The zero-order valence-corrected chi connectivity index (χ0v) is 6.92. The minimum absolute atomic E-state index is 0.410. The number of hydrogen-bond acceptors (Lipinski definition) is 3. The Morgan fingerprint density at radius 3 is 2.42 bits per heavy atom. The third-order valence-electron chi connectivity index (χ3n) is 1.74. The van der Waals surface area contributed by atoms with Gasteiger partial charge in [-0.2, -0.15) is 0 Å². The monoisotopic (exact) mass is 166 g/mol. The van der Waals surface area contributed by atoms with Crippen molar-refractivity contribution >= 4 is 11.9 Å². The van der Waals surface area contributed by atoms with Crippen molar-refractivity contribution in [2.45, 2.75) is 19.8 Å². The van der Waals surface area contributed by atoms with Crippen LogP contribution in [0, 0.1) is 0 Å². The normalized spacial score (nSPS) is 16.8. The van der Waals surface area contributed by atoms with Crippen molar-refractivity contribution in [3.8, 4) is 0 Å². The third kappa shape index (κ3) is 1.30. The van der Waals surface area contributed by atoms with Crippen LogP contribution in [-0.2, 0) is 14.3 Å². The second-order valence-electron chi connectivity index (χ2n) is 2.48. The molecule has 3 heteroatoms. The van der Waals surface area contributed by atoms with Gasteiger partial charge in [0.05, 0.1) is 5.57 Å². The molecule has 0 aromatic rings. The summed E-state index contributed by atoms with van der Waals surface area (Å²) in [5.41, 5.74) is 0.942. The molecule has 0 aliphatic carbocycles. The van der Waals surface area contributed by atoms with E-state index in [1.807, 2.05) is 6.92 Å². The van der Waals surface area contributed by atoms with Crippen LogP contribution in [0.3, 0.4) is 0 Å². The van der Waals surface area contributed by atoms with Crippen molar-refractivity contribution in [3.63, 3.8) is 0 Å². The molecule has 0 saturated heterocycles. The molecule has 0 amide bonds. The highest BCUT2D eigenvalue weighted by Crippen LogP contribution is 2.22. The highest BCUT2D eigenvalue weighted by Gasteiger charge is 2.30. The average Bonchev–Trinajstić information content (AvgIpc) is 2.28. The van der Waals surface area contributed by atoms with Crippen LogP contribution < -0.4 is 0 Å². The first-order valence-electron chi connectivity index (χ1n) is 3.80. The molecule has 0 aromatic heterocycles. The molecule has 3 nitrogen and oxygen atoms in total. The minimum Gasteiger partial charge on any atom is -0.386 e. The van der Waals surface area contributed by atoms with Gasteiger partial charge in [0.25, 0.3) is 0 Å². The Kier molecular flexibility index (Phi) is 2.43. The number of carbonyl (C=O) groups excluding carboxylic acids is 2. The van der Waals surface area contributed by atoms with Gasteiger partial charge in [0.15, 0.2) is 0 Å². The first kappa shape index (κ1) is 8.71. The molecular weight excluding hydrogens is 156 g/mol. The van der Waals surface area contributed by atoms with E-state index in [0.717, 1.165) is 0 Å². The first-order valence-corrected chi connectivity index (χ1v) is 3.80. The summed E-state index contributed by atoms with van der Waals surface area (Å²) in [4.78, 5) is 22.0. The van der Waals surface area contributed by atoms with Crippen LogP contribution in [0.1, 0.15) is 19.8 Å². The van der Waals surface area contributed by atoms with E-state index < -0.39 is 11.9 Å². The molecule has 1 heterocycles. The summed E-state index contributed by atoms with van der Waals surface area (Å²) in [5.74, 6) is -1.02. The summed E-state index contributed by atoms with van der Waals surface area (Å²) < 4.78 is 4.43. The maximum Gasteiger partial charge on any atom is 0.342 e. The average molecular weight is 166 g/mol. The molecule has 0 aromatic carbocycles. The number of hydrogen-bond donors (Lipinski definition) is 0. The molecule has 0 N–H and O–H groups in total. The molecule has 1 aliphatic heterocycles. The number of rotatable bonds is 3. The summed E-state index contributed by atoms with van der Waals surface area (Å²) in [6.07, 6.45) is 2.53. The quantitative estimate of drug-likeness (QED) is 0.361. The van der Waals surface area contributed by atoms with Gasteiger partial charge in [-0.15, -0.1) is 6.58 Å². The maximum atomic E-state index is 11.0. The zero-order valence-electron chi connectivity index (χ0n) is 6.92. The Balaban J connectivity index is 3.00. The van der Waals surface area contributed by atoms with E-state index in [9.17, 15) is 9.59 Å². The molecule has 1 aliphatic rings. The van der Waals surface area contributed by atoms with Gasteiger partial charge in [-0.1, -0.05) is 13.0 Å². The summed E-state index contributed by atoms with van der Waals surface area (Å²) in [7, 11) is 0. The van der Waals surface area contributed by atoms with Crippen molar-refractivity contribution in [3.05, 3.63) is 23.8 Å². The van der Waals surface area contributed by atoms with E-state index >= 15 is 0 Å². The first-order chi connectivity index (χ1) is 5.70. The van der Waals surface area contributed by atoms with Crippen LogP contribution >= 0.6 is 0 Å². The van der Waals surface area contributed by atoms with Gasteiger partial charge >= 0.3 is 11.9 Å². The zero-order chi connectivity index (χ0) is 9.14. The summed E-state index contributed by atoms with van der Waals surface area (Å²) in [5, 5.41) is 0.